The number of nitrogens with zero attached hydrogens (tertiary/aromatic N) is 2. The molecule has 1 aromatic carbocycles. The van der Waals surface area contributed by atoms with E-state index < -0.39 is 5.97 Å². The number of rotatable bonds is 2. The average molecular weight is 223 g/mol. The summed E-state index contributed by atoms with van der Waals surface area (Å²) in [4.78, 5) is 14.8. The molecular weight excluding hydrogens is 216 g/mol. The van der Waals surface area contributed by atoms with Gasteiger partial charge in [0, 0.05) is 17.4 Å². The molecule has 0 saturated carbocycles. The Morgan fingerprint density at radius 2 is 2.27 bits per heavy atom. The molecule has 1 N–H and O–H groups in total. The minimum Gasteiger partial charge on any atom is -0.478 e. The highest BCUT2D eigenvalue weighted by molar-refractivity contribution is 6.30. The maximum atomic E-state index is 11.0. The quantitative estimate of drug-likeness (QED) is 0.848. The van der Waals surface area contributed by atoms with E-state index in [9.17, 15) is 4.79 Å². The van der Waals surface area contributed by atoms with Gasteiger partial charge in [0.15, 0.2) is 0 Å². The maximum Gasteiger partial charge on any atom is 0.337 e. The second-order valence-electron chi connectivity index (χ2n) is 2.94. The van der Waals surface area contributed by atoms with Crippen molar-refractivity contribution >= 4 is 17.6 Å². The smallest absolute Gasteiger partial charge is 0.337 e. The minimum absolute atomic E-state index is 0.192. The van der Waals surface area contributed by atoms with Crippen LogP contribution in [0.2, 0.25) is 5.02 Å². The molecule has 1 aromatic heterocycles. The summed E-state index contributed by atoms with van der Waals surface area (Å²) in [7, 11) is 0. The number of benzene rings is 1. The molecule has 0 spiro atoms. The van der Waals surface area contributed by atoms with E-state index in [1.165, 1.54) is 12.4 Å². The summed E-state index contributed by atoms with van der Waals surface area (Å²) in [5.74, 6) is -0.990. The standard InChI is InChI=1S/C10H7ClN2O2/c11-7-1-2-8(10(14)15)9(5-7)13-4-3-12-6-13/h1-6H,(H,14,15). The lowest BCUT2D eigenvalue weighted by Crippen LogP contribution is -2.03. The summed E-state index contributed by atoms with van der Waals surface area (Å²) in [5.41, 5.74) is 0.699. The molecule has 0 aliphatic heterocycles. The Kier molecular flexibility index (Phi) is 2.43. The molecule has 2 rings (SSSR count). The molecule has 4 nitrogen and oxygen atoms in total. The fraction of sp³-hybridized carbons (Fsp3) is 0. The number of aromatic carboxylic acids is 1. The predicted molar refractivity (Wildman–Crippen MR) is 55.5 cm³/mol. The van der Waals surface area contributed by atoms with Crippen molar-refractivity contribution < 1.29 is 9.90 Å². The Balaban J connectivity index is 2.63. The molecule has 0 bridgehead atoms. The van der Waals surface area contributed by atoms with Crippen LogP contribution < -0.4 is 0 Å². The lowest BCUT2D eigenvalue weighted by atomic mass is 10.2. The lowest BCUT2D eigenvalue weighted by Gasteiger charge is -2.06. The summed E-state index contributed by atoms with van der Waals surface area (Å²) in [6, 6.07) is 4.61. The number of carbonyl (C=O) groups is 1. The van der Waals surface area contributed by atoms with Crippen LogP contribution in [-0.4, -0.2) is 20.6 Å². The van der Waals surface area contributed by atoms with Gasteiger partial charge in [-0.15, -0.1) is 0 Å². The Labute approximate surface area is 90.8 Å². The first-order valence-electron chi connectivity index (χ1n) is 4.19. The largest absolute Gasteiger partial charge is 0.478 e. The summed E-state index contributed by atoms with van der Waals surface area (Å²) >= 11 is 5.81. The van der Waals surface area contributed by atoms with Gasteiger partial charge >= 0.3 is 5.97 Å². The van der Waals surface area contributed by atoms with Crippen LogP contribution in [-0.2, 0) is 0 Å². The zero-order chi connectivity index (χ0) is 10.8. The zero-order valence-electron chi connectivity index (χ0n) is 7.59. The van der Waals surface area contributed by atoms with Crippen LogP contribution in [0.5, 0.6) is 0 Å². The second kappa shape index (κ2) is 3.74. The van der Waals surface area contributed by atoms with Gasteiger partial charge in [-0.3, -0.25) is 0 Å². The topological polar surface area (TPSA) is 55.1 Å². The first kappa shape index (κ1) is 9.73. The van der Waals surface area contributed by atoms with Gasteiger partial charge in [-0.25, -0.2) is 9.78 Å². The van der Waals surface area contributed by atoms with Crippen LogP contribution in [0, 0.1) is 0 Å². The average Bonchev–Trinajstić information content (AvgIpc) is 2.69. The highest BCUT2D eigenvalue weighted by Crippen LogP contribution is 2.19. The maximum absolute atomic E-state index is 11.0. The van der Waals surface area contributed by atoms with Gasteiger partial charge < -0.3 is 9.67 Å². The van der Waals surface area contributed by atoms with E-state index in [0.29, 0.717) is 10.7 Å². The van der Waals surface area contributed by atoms with Crippen LogP contribution in [0.1, 0.15) is 10.4 Å². The number of hydrogen-bond donors (Lipinski definition) is 1. The first-order valence-corrected chi connectivity index (χ1v) is 4.57. The zero-order valence-corrected chi connectivity index (χ0v) is 8.35. The van der Waals surface area contributed by atoms with Gasteiger partial charge in [0.2, 0.25) is 0 Å². The molecular formula is C10H7ClN2O2. The number of imidazole rings is 1. The van der Waals surface area contributed by atoms with Crippen molar-refractivity contribution in [2.75, 3.05) is 0 Å². The van der Waals surface area contributed by atoms with Gasteiger partial charge in [-0.2, -0.15) is 0 Å². The fourth-order valence-electron chi connectivity index (χ4n) is 1.30. The molecule has 0 fully saturated rings. The summed E-state index contributed by atoms with van der Waals surface area (Å²) in [6.07, 6.45) is 4.77. The van der Waals surface area contributed by atoms with Crippen molar-refractivity contribution in [2.45, 2.75) is 0 Å². The van der Waals surface area contributed by atoms with Crippen molar-refractivity contribution in [2.24, 2.45) is 0 Å². The van der Waals surface area contributed by atoms with Gasteiger partial charge in [-0.05, 0) is 18.2 Å². The normalized spacial score (nSPS) is 10.2. The molecule has 2 aromatic rings. The van der Waals surface area contributed by atoms with Crippen molar-refractivity contribution in [1.82, 2.24) is 9.55 Å². The number of aromatic nitrogens is 2. The van der Waals surface area contributed by atoms with Crippen LogP contribution >= 0.6 is 11.6 Å². The molecule has 0 aliphatic rings. The Bertz CT molecular complexity index is 494. The molecule has 0 unspecified atom stereocenters. The third-order valence-corrected chi connectivity index (χ3v) is 2.21. The third kappa shape index (κ3) is 1.85. The van der Waals surface area contributed by atoms with Crippen LogP contribution in [0.3, 0.4) is 0 Å². The van der Waals surface area contributed by atoms with Gasteiger partial charge in [-0.1, -0.05) is 11.6 Å². The Hall–Kier alpha value is -1.81. The molecule has 0 atom stereocenters. The number of carboxylic acid groups (broad SMARTS) is 1. The number of hydrogen-bond acceptors (Lipinski definition) is 2. The second-order valence-corrected chi connectivity index (χ2v) is 3.37. The molecule has 1 heterocycles. The van der Waals surface area contributed by atoms with Crippen LogP contribution in [0.4, 0.5) is 0 Å². The Morgan fingerprint density at radius 3 is 2.87 bits per heavy atom. The molecule has 0 saturated heterocycles. The Morgan fingerprint density at radius 1 is 1.47 bits per heavy atom. The predicted octanol–water partition coefficient (Wildman–Crippen LogP) is 2.22. The summed E-state index contributed by atoms with van der Waals surface area (Å²) in [5, 5.41) is 9.47. The minimum atomic E-state index is -0.990. The fourth-order valence-corrected chi connectivity index (χ4v) is 1.47. The van der Waals surface area contributed by atoms with E-state index in [1.807, 2.05) is 0 Å². The molecule has 0 radical (unpaired) electrons. The third-order valence-electron chi connectivity index (χ3n) is 1.97. The molecule has 15 heavy (non-hydrogen) atoms. The number of halogens is 1. The van der Waals surface area contributed by atoms with Gasteiger partial charge in [0.05, 0.1) is 17.6 Å². The highest BCUT2D eigenvalue weighted by atomic mass is 35.5. The van der Waals surface area contributed by atoms with Crippen molar-refractivity contribution in [3.05, 3.63) is 47.5 Å². The SMILES string of the molecule is O=C(O)c1ccc(Cl)cc1-n1ccnc1. The van der Waals surface area contributed by atoms with E-state index in [2.05, 4.69) is 4.98 Å². The van der Waals surface area contributed by atoms with Crippen molar-refractivity contribution in [1.29, 1.82) is 0 Å². The van der Waals surface area contributed by atoms with E-state index >= 15 is 0 Å². The van der Waals surface area contributed by atoms with Gasteiger partial charge in [0.1, 0.15) is 0 Å². The number of carboxylic acids is 1. The van der Waals surface area contributed by atoms with E-state index in [0.717, 1.165) is 0 Å². The van der Waals surface area contributed by atoms with E-state index in [-0.39, 0.29) is 5.56 Å². The molecule has 0 amide bonds. The van der Waals surface area contributed by atoms with Crippen molar-refractivity contribution in [3.63, 3.8) is 0 Å². The van der Waals surface area contributed by atoms with Crippen LogP contribution in [0.25, 0.3) is 5.69 Å². The highest BCUT2D eigenvalue weighted by Gasteiger charge is 2.11. The summed E-state index contributed by atoms with van der Waals surface area (Å²) in [6.45, 7) is 0. The van der Waals surface area contributed by atoms with Crippen LogP contribution in [0.15, 0.2) is 36.9 Å². The monoisotopic (exact) mass is 222 g/mol. The van der Waals surface area contributed by atoms with Crippen molar-refractivity contribution in [3.8, 4) is 5.69 Å². The molecule has 76 valence electrons. The van der Waals surface area contributed by atoms with Gasteiger partial charge in [0.25, 0.3) is 0 Å². The lowest BCUT2D eigenvalue weighted by molar-refractivity contribution is 0.0697. The van der Waals surface area contributed by atoms with E-state index in [1.54, 1.807) is 29.1 Å². The molecule has 0 aliphatic carbocycles. The van der Waals surface area contributed by atoms with E-state index in [4.69, 9.17) is 16.7 Å². The first-order chi connectivity index (χ1) is 7.18. The summed E-state index contributed by atoms with van der Waals surface area (Å²) < 4.78 is 1.61. The molecule has 5 heteroatoms.